The highest BCUT2D eigenvalue weighted by molar-refractivity contribution is 7.09. The predicted molar refractivity (Wildman–Crippen MR) is 58.2 cm³/mol. The molecule has 0 aromatic carbocycles. The Morgan fingerprint density at radius 3 is 3.23 bits per heavy atom. The van der Waals surface area contributed by atoms with Gasteiger partial charge in [-0.15, -0.1) is 11.3 Å². The Morgan fingerprint density at radius 1 is 1.62 bits per heavy atom. The van der Waals surface area contributed by atoms with Crippen molar-refractivity contribution in [1.29, 1.82) is 0 Å². The van der Waals surface area contributed by atoms with Crippen LogP contribution < -0.4 is 0 Å². The van der Waals surface area contributed by atoms with Crippen LogP contribution >= 0.6 is 11.3 Å². The fraction of sp³-hybridized carbons (Fsp3) is 0.636. The Morgan fingerprint density at radius 2 is 2.54 bits per heavy atom. The molecule has 72 valence electrons. The summed E-state index contributed by atoms with van der Waals surface area (Å²) in [6, 6.07) is 4.42. The second-order valence-electron chi connectivity index (χ2n) is 4.05. The van der Waals surface area contributed by atoms with Crippen LogP contribution in [0.25, 0.3) is 0 Å². The highest BCUT2D eigenvalue weighted by Gasteiger charge is 2.17. The molecule has 0 saturated carbocycles. The van der Waals surface area contributed by atoms with Gasteiger partial charge < -0.3 is 4.90 Å². The smallest absolute Gasteiger partial charge is 0.00484 e. The zero-order chi connectivity index (χ0) is 9.10. The maximum Gasteiger partial charge on any atom is 0.00484 e. The molecule has 1 fully saturated rings. The summed E-state index contributed by atoms with van der Waals surface area (Å²) in [6.07, 6.45) is 4.09. The summed E-state index contributed by atoms with van der Waals surface area (Å²) in [6.45, 7) is 2.58. The van der Waals surface area contributed by atoms with Gasteiger partial charge in [-0.2, -0.15) is 0 Å². The minimum atomic E-state index is 0.900. The van der Waals surface area contributed by atoms with Crippen molar-refractivity contribution in [1.82, 2.24) is 4.90 Å². The topological polar surface area (TPSA) is 3.24 Å². The first-order valence-corrected chi connectivity index (χ1v) is 5.93. The van der Waals surface area contributed by atoms with Crippen molar-refractivity contribution in [2.45, 2.75) is 19.3 Å². The lowest BCUT2D eigenvalue weighted by Gasteiger charge is -2.29. The van der Waals surface area contributed by atoms with E-state index < -0.39 is 0 Å². The molecular weight excluding hydrogens is 178 g/mol. The number of likely N-dealkylation sites (tertiary alicyclic amines) is 1. The van der Waals surface area contributed by atoms with Crippen molar-refractivity contribution in [2.75, 3.05) is 20.1 Å². The maximum absolute atomic E-state index is 2.46. The number of hydrogen-bond acceptors (Lipinski definition) is 2. The van der Waals surface area contributed by atoms with Gasteiger partial charge in [-0.3, -0.25) is 0 Å². The number of nitrogens with zero attached hydrogens (tertiary/aromatic N) is 1. The van der Waals surface area contributed by atoms with Gasteiger partial charge in [-0.25, -0.2) is 0 Å². The first-order chi connectivity index (χ1) is 6.34. The van der Waals surface area contributed by atoms with Gasteiger partial charge in [0.1, 0.15) is 0 Å². The van der Waals surface area contributed by atoms with Crippen LogP contribution in [0.4, 0.5) is 0 Å². The van der Waals surface area contributed by atoms with Crippen LogP contribution in [-0.4, -0.2) is 25.0 Å². The summed E-state index contributed by atoms with van der Waals surface area (Å²) in [5.41, 5.74) is 0. The van der Waals surface area contributed by atoms with E-state index in [0.29, 0.717) is 0 Å². The van der Waals surface area contributed by atoms with Crippen LogP contribution in [0.15, 0.2) is 17.5 Å². The Hall–Kier alpha value is -0.340. The largest absolute Gasteiger partial charge is 0.306 e. The molecular formula is C11H17NS. The molecule has 1 saturated heterocycles. The Balaban J connectivity index is 1.87. The molecule has 2 heteroatoms. The summed E-state index contributed by atoms with van der Waals surface area (Å²) < 4.78 is 0. The van der Waals surface area contributed by atoms with Crippen LogP contribution in [0.2, 0.25) is 0 Å². The molecule has 0 aliphatic carbocycles. The van der Waals surface area contributed by atoms with E-state index in [1.165, 1.54) is 32.4 Å². The lowest BCUT2D eigenvalue weighted by molar-refractivity contribution is 0.210. The third-order valence-corrected chi connectivity index (χ3v) is 3.69. The molecule has 1 aromatic heterocycles. The van der Waals surface area contributed by atoms with E-state index in [9.17, 15) is 0 Å². The van der Waals surface area contributed by atoms with E-state index in [1.807, 2.05) is 11.3 Å². The monoisotopic (exact) mass is 195 g/mol. The molecule has 13 heavy (non-hydrogen) atoms. The van der Waals surface area contributed by atoms with E-state index in [4.69, 9.17) is 0 Å². The van der Waals surface area contributed by atoms with Crippen molar-refractivity contribution in [3.8, 4) is 0 Å². The molecule has 1 aliphatic heterocycles. The van der Waals surface area contributed by atoms with Gasteiger partial charge >= 0.3 is 0 Å². The molecule has 0 bridgehead atoms. The molecule has 1 atom stereocenters. The number of thiophene rings is 1. The van der Waals surface area contributed by atoms with Crippen LogP contribution in [0.1, 0.15) is 17.7 Å². The van der Waals surface area contributed by atoms with Gasteiger partial charge in [0.2, 0.25) is 0 Å². The van der Waals surface area contributed by atoms with E-state index in [-0.39, 0.29) is 0 Å². The fourth-order valence-corrected chi connectivity index (χ4v) is 2.97. The lowest BCUT2D eigenvalue weighted by atomic mass is 9.94. The van der Waals surface area contributed by atoms with Gasteiger partial charge in [-0.1, -0.05) is 6.07 Å². The van der Waals surface area contributed by atoms with Crippen LogP contribution in [-0.2, 0) is 6.42 Å². The second kappa shape index (κ2) is 4.25. The summed E-state index contributed by atoms with van der Waals surface area (Å²) in [4.78, 5) is 4.02. The first-order valence-electron chi connectivity index (χ1n) is 5.05. The normalized spacial score (nSPS) is 24.8. The predicted octanol–water partition coefficient (Wildman–Crippen LogP) is 2.63. The van der Waals surface area contributed by atoms with E-state index in [0.717, 1.165) is 5.92 Å². The lowest BCUT2D eigenvalue weighted by Crippen LogP contribution is -2.32. The molecule has 0 spiro atoms. The second-order valence-corrected chi connectivity index (χ2v) is 5.09. The third-order valence-electron chi connectivity index (χ3n) is 2.79. The standard InChI is InChI=1S/C11H17NS/c1-12-6-2-4-10(9-12)8-11-5-3-7-13-11/h3,5,7,10H,2,4,6,8-9H2,1H3. The molecule has 0 radical (unpaired) electrons. The van der Waals surface area contributed by atoms with Gasteiger partial charge in [-0.05, 0) is 50.2 Å². The zero-order valence-corrected chi connectivity index (χ0v) is 9.02. The van der Waals surface area contributed by atoms with Gasteiger partial charge in [0.15, 0.2) is 0 Å². The van der Waals surface area contributed by atoms with Crippen molar-refractivity contribution in [3.63, 3.8) is 0 Å². The van der Waals surface area contributed by atoms with E-state index >= 15 is 0 Å². The van der Waals surface area contributed by atoms with Gasteiger partial charge in [0, 0.05) is 11.4 Å². The first kappa shape index (κ1) is 9.22. The van der Waals surface area contributed by atoms with Crippen LogP contribution in [0.3, 0.4) is 0 Å². The van der Waals surface area contributed by atoms with Crippen molar-refractivity contribution in [2.24, 2.45) is 5.92 Å². The highest BCUT2D eigenvalue weighted by atomic mass is 32.1. The summed E-state index contributed by atoms with van der Waals surface area (Å²) in [5, 5.41) is 2.18. The SMILES string of the molecule is CN1CCCC(Cc2cccs2)C1. The Bertz CT molecular complexity index is 243. The Kier molecular flexibility index (Phi) is 3.01. The molecule has 1 aromatic rings. The summed E-state index contributed by atoms with van der Waals surface area (Å²) in [5.74, 6) is 0.900. The summed E-state index contributed by atoms with van der Waals surface area (Å²) in [7, 11) is 2.24. The van der Waals surface area contributed by atoms with Gasteiger partial charge in [0.05, 0.1) is 0 Å². The van der Waals surface area contributed by atoms with E-state index in [2.05, 4.69) is 29.5 Å². The molecule has 0 amide bonds. The van der Waals surface area contributed by atoms with Gasteiger partial charge in [0.25, 0.3) is 0 Å². The number of rotatable bonds is 2. The van der Waals surface area contributed by atoms with Crippen LogP contribution in [0, 0.1) is 5.92 Å². The summed E-state index contributed by atoms with van der Waals surface area (Å²) >= 11 is 1.90. The highest BCUT2D eigenvalue weighted by Crippen LogP contribution is 2.21. The minimum absolute atomic E-state index is 0.900. The molecule has 0 N–H and O–H groups in total. The van der Waals surface area contributed by atoms with Crippen molar-refractivity contribution >= 4 is 11.3 Å². The molecule has 1 unspecified atom stereocenters. The third kappa shape index (κ3) is 2.55. The van der Waals surface area contributed by atoms with Crippen LogP contribution in [0.5, 0.6) is 0 Å². The maximum atomic E-state index is 2.46. The average molecular weight is 195 g/mol. The van der Waals surface area contributed by atoms with E-state index in [1.54, 1.807) is 4.88 Å². The minimum Gasteiger partial charge on any atom is -0.306 e. The average Bonchev–Trinajstić information content (AvgIpc) is 2.57. The molecule has 2 heterocycles. The zero-order valence-electron chi connectivity index (χ0n) is 8.20. The molecule has 1 nitrogen and oxygen atoms in total. The van der Waals surface area contributed by atoms with Crippen molar-refractivity contribution < 1.29 is 0 Å². The molecule has 2 rings (SSSR count). The number of piperidine rings is 1. The Labute approximate surface area is 84.4 Å². The fourth-order valence-electron chi connectivity index (χ4n) is 2.15. The number of hydrogen-bond donors (Lipinski definition) is 0. The van der Waals surface area contributed by atoms with Crippen molar-refractivity contribution in [3.05, 3.63) is 22.4 Å². The molecule has 1 aliphatic rings. The quantitative estimate of drug-likeness (QED) is 0.701.